The molecule has 1 aromatic carbocycles. The number of nitrogens with one attached hydrogen (secondary N) is 3. The van der Waals surface area contributed by atoms with Crippen LogP contribution >= 0.6 is 0 Å². The molecule has 30 heavy (non-hydrogen) atoms. The van der Waals surface area contributed by atoms with E-state index in [9.17, 15) is 0 Å². The molecule has 0 spiro atoms. The van der Waals surface area contributed by atoms with Crippen molar-refractivity contribution in [2.24, 2.45) is 4.99 Å². The minimum absolute atomic E-state index is 0.214. The Kier molecular flexibility index (Phi) is 6.96. The van der Waals surface area contributed by atoms with Crippen LogP contribution in [-0.4, -0.2) is 71.5 Å². The maximum atomic E-state index is 5.60. The van der Waals surface area contributed by atoms with E-state index in [4.69, 9.17) is 4.74 Å². The van der Waals surface area contributed by atoms with Crippen LogP contribution < -0.4 is 10.6 Å². The molecule has 162 valence electrons. The van der Waals surface area contributed by atoms with Gasteiger partial charge < -0.3 is 15.4 Å². The number of benzene rings is 1. The fraction of sp³-hybridized carbons (Fsp3) is 0.591. The Morgan fingerprint density at radius 2 is 2.03 bits per heavy atom. The Bertz CT molecular complexity index is 809. The summed E-state index contributed by atoms with van der Waals surface area (Å²) in [5, 5.41) is 13.9. The molecular weight excluding hydrogens is 378 g/mol. The highest BCUT2D eigenvalue weighted by molar-refractivity contribution is 5.79. The molecule has 1 aliphatic heterocycles. The zero-order valence-electron chi connectivity index (χ0n) is 17.9. The lowest BCUT2D eigenvalue weighted by molar-refractivity contribution is -0.0352. The first kappa shape index (κ1) is 20.8. The first-order valence-electron chi connectivity index (χ1n) is 11.0. The number of H-pyrrole nitrogens is 1. The van der Waals surface area contributed by atoms with Gasteiger partial charge >= 0.3 is 0 Å². The summed E-state index contributed by atoms with van der Waals surface area (Å²) in [5.74, 6) is 1.63. The third-order valence-electron chi connectivity index (χ3n) is 6.35. The van der Waals surface area contributed by atoms with Crippen molar-refractivity contribution >= 4 is 5.96 Å². The monoisotopic (exact) mass is 411 g/mol. The largest absolute Gasteiger partial charge is 0.379 e. The normalized spacial score (nSPS) is 20.1. The standard InChI is InChI=1S/C22H33N7O/c1-23-21(24-15-18-6-5-7-19(14-18)20-26-17-27-28-20)25-16-22(8-3-2-4-9-22)29-10-12-30-13-11-29/h5-7,14,17H,2-4,8-13,15-16H2,1H3,(H2,23,24,25)(H,26,27,28). The van der Waals surface area contributed by atoms with Crippen LogP contribution in [0.5, 0.6) is 0 Å². The van der Waals surface area contributed by atoms with Crippen molar-refractivity contribution in [3.05, 3.63) is 36.2 Å². The van der Waals surface area contributed by atoms with Gasteiger partial charge in [-0.15, -0.1) is 0 Å². The van der Waals surface area contributed by atoms with Crippen LogP contribution in [-0.2, 0) is 11.3 Å². The molecule has 3 N–H and O–H groups in total. The van der Waals surface area contributed by atoms with Crippen LogP contribution in [0.1, 0.15) is 37.7 Å². The molecule has 8 nitrogen and oxygen atoms in total. The average molecular weight is 412 g/mol. The van der Waals surface area contributed by atoms with E-state index in [-0.39, 0.29) is 5.54 Å². The summed E-state index contributed by atoms with van der Waals surface area (Å²) in [4.78, 5) is 11.3. The zero-order chi connectivity index (χ0) is 20.7. The van der Waals surface area contributed by atoms with Crippen molar-refractivity contribution in [3.63, 3.8) is 0 Å². The van der Waals surface area contributed by atoms with Gasteiger partial charge in [0.1, 0.15) is 6.33 Å². The fourth-order valence-electron chi connectivity index (χ4n) is 4.68. The second-order valence-electron chi connectivity index (χ2n) is 8.20. The van der Waals surface area contributed by atoms with Gasteiger partial charge in [-0.1, -0.05) is 37.5 Å². The molecule has 0 amide bonds. The second-order valence-corrected chi connectivity index (χ2v) is 8.20. The molecule has 0 bridgehead atoms. The van der Waals surface area contributed by atoms with Gasteiger partial charge in [-0.3, -0.25) is 15.0 Å². The van der Waals surface area contributed by atoms with Crippen LogP contribution in [0, 0.1) is 0 Å². The quantitative estimate of drug-likeness (QED) is 0.499. The van der Waals surface area contributed by atoms with Crippen LogP contribution in [0.2, 0.25) is 0 Å². The van der Waals surface area contributed by atoms with Gasteiger partial charge in [0.25, 0.3) is 0 Å². The molecule has 4 rings (SSSR count). The van der Waals surface area contributed by atoms with Gasteiger partial charge in [0.05, 0.1) is 13.2 Å². The number of nitrogens with zero attached hydrogens (tertiary/aromatic N) is 4. The molecule has 2 fully saturated rings. The van der Waals surface area contributed by atoms with E-state index in [0.29, 0.717) is 6.54 Å². The summed E-state index contributed by atoms with van der Waals surface area (Å²) in [7, 11) is 1.84. The molecule has 0 atom stereocenters. The smallest absolute Gasteiger partial charge is 0.191 e. The summed E-state index contributed by atoms with van der Waals surface area (Å²) in [6, 6.07) is 8.31. The number of aliphatic imine (C=N–C) groups is 1. The molecule has 1 saturated heterocycles. The summed E-state index contributed by atoms with van der Waals surface area (Å²) < 4.78 is 5.60. The van der Waals surface area contributed by atoms with E-state index < -0.39 is 0 Å². The maximum Gasteiger partial charge on any atom is 0.191 e. The number of hydrogen-bond acceptors (Lipinski definition) is 5. The predicted octanol–water partition coefficient (Wildman–Crippen LogP) is 2.17. The molecule has 0 radical (unpaired) electrons. The molecule has 2 aromatic rings. The fourth-order valence-corrected chi connectivity index (χ4v) is 4.68. The van der Waals surface area contributed by atoms with Crippen LogP contribution in [0.3, 0.4) is 0 Å². The highest BCUT2D eigenvalue weighted by atomic mass is 16.5. The Hall–Kier alpha value is -2.45. The lowest BCUT2D eigenvalue weighted by atomic mass is 9.80. The lowest BCUT2D eigenvalue weighted by Crippen LogP contribution is -2.60. The molecule has 2 heterocycles. The predicted molar refractivity (Wildman–Crippen MR) is 118 cm³/mol. The Morgan fingerprint density at radius 3 is 2.77 bits per heavy atom. The lowest BCUT2D eigenvalue weighted by Gasteiger charge is -2.48. The van der Waals surface area contributed by atoms with Crippen molar-refractivity contribution in [3.8, 4) is 11.4 Å². The molecule has 8 heteroatoms. The van der Waals surface area contributed by atoms with Crippen molar-refractivity contribution in [1.82, 2.24) is 30.7 Å². The molecule has 1 saturated carbocycles. The number of aromatic nitrogens is 3. The number of aromatic amines is 1. The van der Waals surface area contributed by atoms with Crippen molar-refractivity contribution in [1.29, 1.82) is 0 Å². The van der Waals surface area contributed by atoms with Gasteiger partial charge in [0, 0.05) is 44.3 Å². The Balaban J connectivity index is 1.35. The number of morpholine rings is 1. The Labute approximate surface area is 178 Å². The SMILES string of the molecule is CN=C(NCc1cccc(-c2ncn[nH]2)c1)NCC1(N2CCOCC2)CCCCC1. The van der Waals surface area contributed by atoms with E-state index in [1.54, 1.807) is 0 Å². The summed E-state index contributed by atoms with van der Waals surface area (Å²) in [5.41, 5.74) is 2.42. The maximum absolute atomic E-state index is 5.60. The van der Waals surface area contributed by atoms with Crippen molar-refractivity contribution < 1.29 is 4.74 Å². The molecule has 2 aliphatic rings. The molecule has 1 aliphatic carbocycles. The first-order chi connectivity index (χ1) is 14.8. The molecular formula is C22H33N7O. The number of rotatable bonds is 6. The zero-order valence-corrected chi connectivity index (χ0v) is 17.9. The molecule has 1 aromatic heterocycles. The summed E-state index contributed by atoms with van der Waals surface area (Å²) in [6.07, 6.45) is 7.98. The third-order valence-corrected chi connectivity index (χ3v) is 6.35. The highest BCUT2D eigenvalue weighted by Crippen LogP contribution is 2.33. The first-order valence-corrected chi connectivity index (χ1v) is 11.0. The van der Waals surface area contributed by atoms with Crippen LogP contribution in [0.15, 0.2) is 35.6 Å². The van der Waals surface area contributed by atoms with Gasteiger partial charge in [-0.25, -0.2) is 4.98 Å². The average Bonchev–Trinajstić information content (AvgIpc) is 3.36. The van der Waals surface area contributed by atoms with Gasteiger partial charge in [0.15, 0.2) is 11.8 Å². The van der Waals surface area contributed by atoms with E-state index in [1.165, 1.54) is 44.0 Å². The topological polar surface area (TPSA) is 90.5 Å². The molecule has 0 unspecified atom stereocenters. The minimum Gasteiger partial charge on any atom is -0.379 e. The summed E-state index contributed by atoms with van der Waals surface area (Å²) in [6.45, 7) is 5.37. The van der Waals surface area contributed by atoms with Crippen molar-refractivity contribution in [2.45, 2.75) is 44.2 Å². The number of ether oxygens (including phenoxy) is 1. The van der Waals surface area contributed by atoms with Gasteiger partial charge in [0.2, 0.25) is 0 Å². The number of hydrogen-bond donors (Lipinski definition) is 3. The summed E-state index contributed by atoms with van der Waals surface area (Å²) >= 11 is 0. The second kappa shape index (κ2) is 10.0. The van der Waals surface area contributed by atoms with E-state index >= 15 is 0 Å². The Morgan fingerprint density at radius 1 is 1.20 bits per heavy atom. The number of guanidine groups is 1. The van der Waals surface area contributed by atoms with Crippen molar-refractivity contribution in [2.75, 3.05) is 39.9 Å². The highest BCUT2D eigenvalue weighted by Gasteiger charge is 2.38. The van der Waals surface area contributed by atoms with E-state index in [1.807, 2.05) is 19.2 Å². The third kappa shape index (κ3) is 4.99. The van der Waals surface area contributed by atoms with E-state index in [0.717, 1.165) is 50.2 Å². The van der Waals surface area contributed by atoms with E-state index in [2.05, 4.69) is 47.8 Å². The van der Waals surface area contributed by atoms with Gasteiger partial charge in [-0.2, -0.15) is 5.10 Å². The minimum atomic E-state index is 0.214. The van der Waals surface area contributed by atoms with Crippen LogP contribution in [0.4, 0.5) is 0 Å². The van der Waals surface area contributed by atoms with Crippen LogP contribution in [0.25, 0.3) is 11.4 Å². The van der Waals surface area contributed by atoms with Gasteiger partial charge in [-0.05, 0) is 24.5 Å².